The molecule has 4 aromatic carbocycles. The molecule has 228 valence electrons. The van der Waals surface area contributed by atoms with Gasteiger partial charge in [0, 0.05) is 19.5 Å². The van der Waals surface area contributed by atoms with Gasteiger partial charge >= 0.3 is 0 Å². The first-order valence-electron chi connectivity index (χ1n) is 16.1. The summed E-state index contributed by atoms with van der Waals surface area (Å²) in [5.74, 6) is 2.64. The molecule has 0 atom stereocenters. The van der Waals surface area contributed by atoms with Gasteiger partial charge in [-0.3, -0.25) is 4.79 Å². The molecule has 0 fully saturated rings. The summed E-state index contributed by atoms with van der Waals surface area (Å²) < 4.78 is 8.63. The largest absolute Gasteiger partial charge is 0.493 e. The van der Waals surface area contributed by atoms with Gasteiger partial charge in [-0.1, -0.05) is 99.1 Å². The molecule has 0 unspecified atom stereocenters. The highest BCUT2D eigenvalue weighted by atomic mass is 16.5. The van der Waals surface area contributed by atoms with Crippen LogP contribution in [0.1, 0.15) is 68.0 Å². The predicted molar refractivity (Wildman–Crippen MR) is 181 cm³/mol. The van der Waals surface area contributed by atoms with E-state index < -0.39 is 0 Å². The molecule has 1 aromatic heterocycles. The van der Waals surface area contributed by atoms with Gasteiger partial charge in [0.15, 0.2) is 0 Å². The van der Waals surface area contributed by atoms with Crippen molar-refractivity contribution in [3.63, 3.8) is 0 Å². The van der Waals surface area contributed by atoms with E-state index in [9.17, 15) is 4.79 Å². The van der Waals surface area contributed by atoms with Crippen LogP contribution in [-0.4, -0.2) is 28.6 Å². The summed E-state index contributed by atoms with van der Waals surface area (Å²) in [5, 5.41) is 3.10. The van der Waals surface area contributed by atoms with Crippen LogP contribution >= 0.6 is 0 Å². The first-order valence-corrected chi connectivity index (χ1v) is 16.1. The third kappa shape index (κ3) is 8.37. The Morgan fingerprint density at radius 3 is 2.39 bits per heavy atom. The number of aromatic nitrogens is 2. The molecule has 0 aliphatic carbocycles. The summed E-state index contributed by atoms with van der Waals surface area (Å²) in [6.07, 6.45) is 5.29. The van der Waals surface area contributed by atoms with Gasteiger partial charge in [-0.15, -0.1) is 0 Å². The molecule has 44 heavy (non-hydrogen) atoms. The number of amides is 1. The highest BCUT2D eigenvalue weighted by Gasteiger charge is 2.12. The Labute approximate surface area is 262 Å². The zero-order valence-electron chi connectivity index (χ0n) is 26.4. The van der Waals surface area contributed by atoms with E-state index >= 15 is 0 Å². The average molecular weight is 588 g/mol. The van der Waals surface area contributed by atoms with Crippen LogP contribution < -0.4 is 10.1 Å². The molecule has 5 nitrogen and oxygen atoms in total. The van der Waals surface area contributed by atoms with Crippen molar-refractivity contribution in [1.29, 1.82) is 0 Å². The fraction of sp³-hybridized carbons (Fsp3) is 0.333. The molecule has 1 heterocycles. The molecule has 1 amide bonds. The van der Waals surface area contributed by atoms with E-state index in [2.05, 4.69) is 97.4 Å². The Kier molecular flexibility index (Phi) is 10.9. The molecule has 0 aliphatic rings. The number of aryl methyl sites for hydroxylation is 3. The quantitative estimate of drug-likeness (QED) is 0.125. The second-order valence-electron chi connectivity index (χ2n) is 12.0. The number of fused-ring (bicyclic) bond motifs is 1. The van der Waals surface area contributed by atoms with Crippen molar-refractivity contribution in [2.45, 2.75) is 71.8 Å². The van der Waals surface area contributed by atoms with Gasteiger partial charge in [-0.2, -0.15) is 0 Å². The predicted octanol–water partition coefficient (Wildman–Crippen LogP) is 8.68. The number of hydrogen-bond donors (Lipinski definition) is 1. The minimum Gasteiger partial charge on any atom is -0.493 e. The molecule has 0 aliphatic heterocycles. The monoisotopic (exact) mass is 587 g/mol. The van der Waals surface area contributed by atoms with Crippen molar-refractivity contribution in [2.75, 3.05) is 13.2 Å². The van der Waals surface area contributed by atoms with Crippen molar-refractivity contribution in [2.24, 2.45) is 0 Å². The van der Waals surface area contributed by atoms with Crippen LogP contribution in [-0.2, 0) is 24.2 Å². The molecule has 5 rings (SSSR count). The molecule has 0 saturated carbocycles. The average Bonchev–Trinajstić information content (AvgIpc) is 3.38. The van der Waals surface area contributed by atoms with E-state index in [1.54, 1.807) is 0 Å². The number of nitrogens with zero attached hydrogens (tertiary/aromatic N) is 2. The van der Waals surface area contributed by atoms with Crippen molar-refractivity contribution in [1.82, 2.24) is 14.9 Å². The van der Waals surface area contributed by atoms with Crippen molar-refractivity contribution < 1.29 is 9.53 Å². The van der Waals surface area contributed by atoms with E-state index in [0.717, 1.165) is 61.3 Å². The smallest absolute Gasteiger partial charge is 0.224 e. The molecule has 5 heteroatoms. The first-order chi connectivity index (χ1) is 21.5. The van der Waals surface area contributed by atoms with E-state index in [4.69, 9.17) is 9.72 Å². The lowest BCUT2D eigenvalue weighted by molar-refractivity contribution is -0.120. The van der Waals surface area contributed by atoms with Crippen LogP contribution in [0.5, 0.6) is 5.75 Å². The third-order valence-corrected chi connectivity index (χ3v) is 8.13. The minimum absolute atomic E-state index is 0.0765. The summed E-state index contributed by atoms with van der Waals surface area (Å²) in [7, 11) is 0. The number of hydrogen-bond acceptors (Lipinski definition) is 3. The highest BCUT2D eigenvalue weighted by Crippen LogP contribution is 2.28. The lowest BCUT2D eigenvalue weighted by Crippen LogP contribution is -2.26. The molecule has 0 radical (unpaired) electrons. The van der Waals surface area contributed by atoms with Gasteiger partial charge in [0.2, 0.25) is 5.91 Å². The van der Waals surface area contributed by atoms with E-state index in [1.807, 2.05) is 30.3 Å². The van der Waals surface area contributed by atoms with Crippen LogP contribution in [0.15, 0.2) is 97.1 Å². The molecule has 1 N–H and O–H groups in total. The van der Waals surface area contributed by atoms with Gasteiger partial charge in [0.25, 0.3) is 0 Å². The molecule has 0 bridgehead atoms. The summed E-state index contributed by atoms with van der Waals surface area (Å²) >= 11 is 0. The van der Waals surface area contributed by atoms with Gasteiger partial charge < -0.3 is 14.6 Å². The fourth-order valence-electron chi connectivity index (χ4n) is 5.72. The highest BCUT2D eigenvalue weighted by molar-refractivity contribution is 5.79. The number of rotatable bonds is 15. The van der Waals surface area contributed by atoms with Crippen molar-refractivity contribution in [3.05, 3.63) is 120 Å². The number of benzene rings is 4. The van der Waals surface area contributed by atoms with Crippen LogP contribution in [0.4, 0.5) is 0 Å². The number of para-hydroxylation sites is 2. The maximum atomic E-state index is 12.5. The van der Waals surface area contributed by atoms with E-state index in [0.29, 0.717) is 25.5 Å². The number of ether oxygens (including phenoxy) is 1. The number of carbonyl (C=O) groups excluding carboxylic acids is 1. The van der Waals surface area contributed by atoms with Crippen LogP contribution in [0.3, 0.4) is 0 Å². The van der Waals surface area contributed by atoms with Crippen molar-refractivity contribution >= 4 is 16.9 Å². The second kappa shape index (κ2) is 15.4. The zero-order valence-corrected chi connectivity index (χ0v) is 26.4. The molecule has 0 spiro atoms. The van der Waals surface area contributed by atoms with Gasteiger partial charge in [-0.05, 0) is 78.1 Å². The molecular formula is C39H45N3O2. The Hall–Kier alpha value is -4.38. The Morgan fingerprint density at radius 2 is 1.59 bits per heavy atom. The lowest BCUT2D eigenvalue weighted by atomic mass is 10.0. The molecular weight excluding hydrogens is 542 g/mol. The fourth-order valence-corrected chi connectivity index (χ4v) is 5.72. The van der Waals surface area contributed by atoms with E-state index in [1.165, 1.54) is 27.8 Å². The standard InChI is InChI=1S/C39H45N3O2/c1-29(2)34-23-18-30(3)27-37(34)44-26-12-25-42-36-16-10-9-15-35(36)41-38(42)17-8-5-11-24-40-39(43)28-31-19-21-33(22-20-31)32-13-6-4-7-14-32/h4,6-7,9-10,13-16,18-23,27,29H,5,8,11-12,17,24-26,28H2,1-3H3,(H,40,43). The summed E-state index contributed by atoms with van der Waals surface area (Å²) in [5.41, 5.74) is 8.10. The van der Waals surface area contributed by atoms with Gasteiger partial charge in [0.1, 0.15) is 11.6 Å². The third-order valence-electron chi connectivity index (χ3n) is 8.13. The summed E-state index contributed by atoms with van der Waals surface area (Å²) in [4.78, 5) is 17.5. The van der Waals surface area contributed by atoms with Crippen molar-refractivity contribution in [3.8, 4) is 16.9 Å². The van der Waals surface area contributed by atoms with Crippen LogP contribution in [0, 0.1) is 6.92 Å². The topological polar surface area (TPSA) is 56.1 Å². The minimum atomic E-state index is 0.0765. The second-order valence-corrected chi connectivity index (χ2v) is 12.0. The molecule has 0 saturated heterocycles. The Balaban J connectivity index is 1.05. The Bertz CT molecular complexity index is 1640. The number of unbranched alkanes of at least 4 members (excludes halogenated alkanes) is 2. The molecule has 5 aromatic rings. The summed E-state index contributed by atoms with van der Waals surface area (Å²) in [6.45, 7) is 8.78. The number of imidazole rings is 1. The van der Waals surface area contributed by atoms with E-state index in [-0.39, 0.29) is 5.91 Å². The number of nitrogens with one attached hydrogen (secondary N) is 1. The maximum absolute atomic E-state index is 12.5. The SMILES string of the molecule is Cc1ccc(C(C)C)c(OCCCn2c(CCCCCNC(=O)Cc3ccc(-c4ccccc4)cc3)nc3ccccc32)c1. The number of carbonyl (C=O) groups is 1. The first kappa shape index (κ1) is 31.1. The van der Waals surface area contributed by atoms with Crippen LogP contribution in [0.25, 0.3) is 22.2 Å². The Morgan fingerprint density at radius 1 is 0.841 bits per heavy atom. The van der Waals surface area contributed by atoms with Gasteiger partial charge in [0.05, 0.1) is 24.1 Å². The lowest BCUT2D eigenvalue weighted by Gasteiger charge is -2.15. The summed E-state index contributed by atoms with van der Waals surface area (Å²) in [6, 6.07) is 33.5. The normalized spacial score (nSPS) is 11.3. The maximum Gasteiger partial charge on any atom is 0.224 e. The zero-order chi connectivity index (χ0) is 30.7. The van der Waals surface area contributed by atoms with Crippen LogP contribution in [0.2, 0.25) is 0 Å². The van der Waals surface area contributed by atoms with Gasteiger partial charge in [-0.25, -0.2) is 4.98 Å².